The summed E-state index contributed by atoms with van der Waals surface area (Å²) in [7, 11) is -0.220. The number of hydrogen-bond acceptors (Lipinski definition) is 3. The van der Waals surface area contributed by atoms with Gasteiger partial charge in [-0.3, -0.25) is 0 Å². The topological polar surface area (TPSA) is 35.5 Å². The Kier molecular flexibility index (Phi) is 6.64. The summed E-state index contributed by atoms with van der Waals surface area (Å²) in [4.78, 5) is 15.6. The normalized spacial score (nSPS) is 11.0. The molecular formula is C25H23O3S+. The van der Waals surface area contributed by atoms with Crippen LogP contribution in [0.5, 0.6) is 5.75 Å². The molecule has 3 nitrogen and oxygen atoms in total. The Morgan fingerprint density at radius 1 is 0.862 bits per heavy atom. The summed E-state index contributed by atoms with van der Waals surface area (Å²) in [5, 5.41) is 0. The van der Waals surface area contributed by atoms with Gasteiger partial charge in [0.05, 0.1) is 10.9 Å². The third-order valence-electron chi connectivity index (χ3n) is 4.09. The third-order valence-corrected chi connectivity index (χ3v) is 6.32. The highest BCUT2D eigenvalue weighted by Gasteiger charge is 2.28. The van der Waals surface area contributed by atoms with E-state index in [4.69, 9.17) is 15.9 Å². The molecule has 3 rings (SSSR count). The maximum atomic E-state index is 11.9. The molecule has 0 aliphatic heterocycles. The number of ether oxygens (including phenoxy) is 2. The quantitative estimate of drug-likeness (QED) is 0.312. The number of esters is 1. The fourth-order valence-corrected chi connectivity index (χ4v) is 4.76. The van der Waals surface area contributed by atoms with Gasteiger partial charge in [-0.2, -0.15) is 0 Å². The molecule has 0 amide bonds. The van der Waals surface area contributed by atoms with E-state index in [9.17, 15) is 4.79 Å². The highest BCUT2D eigenvalue weighted by atomic mass is 32.2. The number of rotatable bonds is 7. The zero-order valence-corrected chi connectivity index (χ0v) is 17.3. The van der Waals surface area contributed by atoms with Gasteiger partial charge in [-0.25, -0.2) is 4.79 Å². The standard InChI is InChI=1S/C25H23O3S/c1-4-25(2,3)28-24(26)19-27-20-15-17-23(18-16-20)29(21-11-7-5-8-12-21)22-13-9-6-10-14-22/h1,5-18H,19H2,2-3H3/q+1. The largest absolute Gasteiger partial charge is 0.482 e. The zero-order chi connectivity index (χ0) is 20.7. The first-order valence-electron chi connectivity index (χ1n) is 9.25. The van der Waals surface area contributed by atoms with Crippen LogP contribution in [0.2, 0.25) is 0 Å². The summed E-state index contributed by atoms with van der Waals surface area (Å²) in [6.45, 7) is 3.13. The van der Waals surface area contributed by atoms with Crippen molar-refractivity contribution in [3.8, 4) is 18.1 Å². The van der Waals surface area contributed by atoms with Crippen LogP contribution in [0.1, 0.15) is 13.8 Å². The maximum absolute atomic E-state index is 11.9. The van der Waals surface area contributed by atoms with Crippen molar-refractivity contribution in [2.24, 2.45) is 0 Å². The monoisotopic (exact) mass is 403 g/mol. The first kappa shape index (κ1) is 20.6. The molecule has 0 N–H and O–H groups in total. The predicted molar refractivity (Wildman–Crippen MR) is 116 cm³/mol. The average molecular weight is 404 g/mol. The van der Waals surface area contributed by atoms with E-state index in [1.807, 2.05) is 36.4 Å². The van der Waals surface area contributed by atoms with E-state index in [0.717, 1.165) is 0 Å². The summed E-state index contributed by atoms with van der Waals surface area (Å²) < 4.78 is 10.8. The molecule has 0 heterocycles. The Labute approximate surface area is 175 Å². The highest BCUT2D eigenvalue weighted by Crippen LogP contribution is 2.31. The second-order valence-electron chi connectivity index (χ2n) is 6.82. The van der Waals surface area contributed by atoms with E-state index in [2.05, 4.69) is 54.5 Å². The minimum Gasteiger partial charge on any atom is -0.482 e. The number of benzene rings is 3. The van der Waals surface area contributed by atoms with E-state index in [1.54, 1.807) is 13.8 Å². The van der Waals surface area contributed by atoms with Crippen molar-refractivity contribution in [2.45, 2.75) is 34.1 Å². The van der Waals surface area contributed by atoms with Crippen LogP contribution < -0.4 is 4.74 Å². The van der Waals surface area contributed by atoms with Gasteiger partial charge in [-0.1, -0.05) is 42.3 Å². The lowest BCUT2D eigenvalue weighted by Crippen LogP contribution is -2.29. The molecule has 0 bridgehead atoms. The lowest BCUT2D eigenvalue weighted by Gasteiger charge is -2.18. The second-order valence-corrected chi connectivity index (χ2v) is 8.85. The van der Waals surface area contributed by atoms with Gasteiger partial charge >= 0.3 is 5.97 Å². The van der Waals surface area contributed by atoms with Crippen molar-refractivity contribution >= 4 is 16.9 Å². The number of carbonyl (C=O) groups excluding carboxylic acids is 1. The molecule has 4 heteroatoms. The molecule has 0 spiro atoms. The van der Waals surface area contributed by atoms with Gasteiger partial charge < -0.3 is 9.47 Å². The first-order chi connectivity index (χ1) is 14.0. The van der Waals surface area contributed by atoms with Crippen molar-refractivity contribution < 1.29 is 14.3 Å². The highest BCUT2D eigenvalue weighted by molar-refractivity contribution is 7.97. The number of terminal acetylenes is 1. The fourth-order valence-electron chi connectivity index (χ4n) is 2.68. The molecule has 0 atom stereocenters. The Morgan fingerprint density at radius 3 is 1.83 bits per heavy atom. The van der Waals surface area contributed by atoms with Gasteiger partial charge in [0.1, 0.15) is 5.75 Å². The van der Waals surface area contributed by atoms with E-state index < -0.39 is 11.6 Å². The molecule has 29 heavy (non-hydrogen) atoms. The SMILES string of the molecule is C#CC(C)(C)OC(=O)COc1ccc([S+](c2ccccc2)c2ccccc2)cc1. The van der Waals surface area contributed by atoms with Crippen LogP contribution in [0, 0.1) is 12.3 Å². The van der Waals surface area contributed by atoms with Gasteiger partial charge in [-0.15, -0.1) is 6.42 Å². The second kappa shape index (κ2) is 9.36. The van der Waals surface area contributed by atoms with Crippen molar-refractivity contribution in [1.82, 2.24) is 0 Å². The fraction of sp³-hybridized carbons (Fsp3) is 0.160. The minimum atomic E-state index is -0.940. The molecule has 0 saturated carbocycles. The number of carbonyl (C=O) groups is 1. The molecule has 0 aliphatic rings. The molecule has 0 radical (unpaired) electrons. The molecule has 0 aromatic heterocycles. The minimum absolute atomic E-state index is 0.187. The molecule has 0 aliphatic carbocycles. The smallest absolute Gasteiger partial charge is 0.345 e. The molecule has 0 unspecified atom stereocenters. The van der Waals surface area contributed by atoms with Crippen molar-refractivity contribution in [3.05, 3.63) is 84.9 Å². The van der Waals surface area contributed by atoms with Gasteiger partial charge in [0.25, 0.3) is 0 Å². The Balaban J connectivity index is 1.75. The van der Waals surface area contributed by atoms with Crippen LogP contribution in [0.25, 0.3) is 0 Å². The van der Waals surface area contributed by atoms with Crippen molar-refractivity contribution in [1.29, 1.82) is 0 Å². The Bertz CT molecular complexity index is 935. The average Bonchev–Trinajstić information content (AvgIpc) is 2.75. The predicted octanol–water partition coefficient (Wildman–Crippen LogP) is 5.12. The first-order valence-corrected chi connectivity index (χ1v) is 10.5. The van der Waals surface area contributed by atoms with Crippen LogP contribution in [0.4, 0.5) is 0 Å². The molecule has 3 aromatic carbocycles. The molecule has 0 saturated heterocycles. The van der Waals surface area contributed by atoms with Crippen LogP contribution in [0.3, 0.4) is 0 Å². The van der Waals surface area contributed by atoms with Gasteiger partial charge in [0.2, 0.25) is 0 Å². The Morgan fingerprint density at radius 2 is 1.34 bits per heavy atom. The summed E-state index contributed by atoms with van der Waals surface area (Å²) in [6, 6.07) is 28.7. The van der Waals surface area contributed by atoms with E-state index in [1.165, 1.54) is 14.7 Å². The molecule has 146 valence electrons. The Hall–Kier alpha value is -3.16. The van der Waals surface area contributed by atoms with Crippen LogP contribution in [-0.2, 0) is 20.4 Å². The van der Waals surface area contributed by atoms with Crippen molar-refractivity contribution in [3.63, 3.8) is 0 Å². The molecule has 0 fully saturated rings. The van der Waals surface area contributed by atoms with E-state index >= 15 is 0 Å². The lowest BCUT2D eigenvalue weighted by atomic mass is 10.1. The molecular weight excluding hydrogens is 380 g/mol. The summed E-state index contributed by atoms with van der Waals surface area (Å²) in [6.07, 6.45) is 5.34. The van der Waals surface area contributed by atoms with E-state index in [-0.39, 0.29) is 17.5 Å². The van der Waals surface area contributed by atoms with Crippen molar-refractivity contribution in [2.75, 3.05) is 6.61 Å². The van der Waals surface area contributed by atoms with Gasteiger partial charge in [0.15, 0.2) is 26.9 Å². The van der Waals surface area contributed by atoms with Gasteiger partial charge in [0, 0.05) is 0 Å². The van der Waals surface area contributed by atoms with E-state index in [0.29, 0.717) is 5.75 Å². The molecule has 3 aromatic rings. The lowest BCUT2D eigenvalue weighted by molar-refractivity contribution is -0.154. The zero-order valence-electron chi connectivity index (χ0n) is 16.5. The van der Waals surface area contributed by atoms with Crippen LogP contribution >= 0.6 is 0 Å². The third kappa shape index (κ3) is 5.66. The van der Waals surface area contributed by atoms with Gasteiger partial charge in [-0.05, 0) is 62.4 Å². The maximum Gasteiger partial charge on any atom is 0.345 e. The van der Waals surface area contributed by atoms with Crippen LogP contribution in [0.15, 0.2) is 99.6 Å². The summed E-state index contributed by atoms with van der Waals surface area (Å²) >= 11 is 0. The van der Waals surface area contributed by atoms with Crippen LogP contribution in [-0.4, -0.2) is 18.2 Å². The summed E-state index contributed by atoms with van der Waals surface area (Å²) in [5.74, 6) is 2.53. The number of hydrogen-bond donors (Lipinski definition) is 0. The summed E-state index contributed by atoms with van der Waals surface area (Å²) in [5.41, 5.74) is -0.940.